The van der Waals surface area contributed by atoms with E-state index in [4.69, 9.17) is 5.73 Å². The number of aromatic nitrogens is 1. The van der Waals surface area contributed by atoms with Crippen LogP contribution in [-0.4, -0.2) is 22.8 Å². The van der Waals surface area contributed by atoms with Crippen LogP contribution in [0.5, 0.6) is 0 Å². The van der Waals surface area contributed by atoms with Gasteiger partial charge in [-0.1, -0.05) is 18.2 Å². The number of carbonyl (C=O) groups excluding carboxylic acids is 2. The van der Waals surface area contributed by atoms with Gasteiger partial charge in [-0.25, -0.2) is 4.98 Å². The van der Waals surface area contributed by atoms with Crippen LogP contribution >= 0.6 is 0 Å². The van der Waals surface area contributed by atoms with Crippen molar-refractivity contribution in [1.29, 1.82) is 0 Å². The summed E-state index contributed by atoms with van der Waals surface area (Å²) in [5.74, 6) is 1.61. The second kappa shape index (κ2) is 6.80. The van der Waals surface area contributed by atoms with Crippen molar-refractivity contribution in [3.05, 3.63) is 41.6 Å². The van der Waals surface area contributed by atoms with Gasteiger partial charge in [0.2, 0.25) is 0 Å². The highest BCUT2D eigenvalue weighted by Gasteiger charge is 2.52. The zero-order chi connectivity index (χ0) is 20.2. The second-order valence-corrected chi connectivity index (χ2v) is 9.50. The SMILES string of the molecule is C[C@H](N)C(=O)NNC(=O)c1cc(C23CC4CC(CC(C4)C2)C3)c2ccccc2n1. The van der Waals surface area contributed by atoms with Crippen molar-refractivity contribution in [3.63, 3.8) is 0 Å². The van der Waals surface area contributed by atoms with Crippen molar-refractivity contribution in [2.75, 3.05) is 0 Å². The fraction of sp³-hybridized carbons (Fsp3) is 0.522. The summed E-state index contributed by atoms with van der Waals surface area (Å²) in [5, 5.41) is 1.16. The Bertz CT molecular complexity index is 949. The van der Waals surface area contributed by atoms with Crippen LogP contribution in [-0.2, 0) is 10.2 Å². The molecule has 1 heterocycles. The molecule has 2 aromatic rings. The zero-order valence-corrected chi connectivity index (χ0v) is 16.8. The van der Waals surface area contributed by atoms with Gasteiger partial charge in [0, 0.05) is 5.39 Å². The van der Waals surface area contributed by atoms with E-state index < -0.39 is 17.9 Å². The first-order valence-electron chi connectivity index (χ1n) is 10.7. The molecule has 29 heavy (non-hydrogen) atoms. The lowest BCUT2D eigenvalue weighted by Crippen LogP contribution is -2.49. The summed E-state index contributed by atoms with van der Waals surface area (Å²) in [6.45, 7) is 1.57. The highest BCUT2D eigenvalue weighted by atomic mass is 16.2. The van der Waals surface area contributed by atoms with E-state index in [0.717, 1.165) is 28.7 Å². The predicted octanol–water partition coefficient (Wildman–Crippen LogP) is 2.81. The van der Waals surface area contributed by atoms with E-state index in [1.54, 1.807) is 6.92 Å². The number of hydrogen-bond acceptors (Lipinski definition) is 4. The molecule has 0 radical (unpaired) electrons. The Morgan fingerprint density at radius 2 is 1.69 bits per heavy atom. The van der Waals surface area contributed by atoms with Crippen LogP contribution in [0.1, 0.15) is 61.5 Å². The van der Waals surface area contributed by atoms with E-state index in [1.807, 2.05) is 18.2 Å². The molecule has 4 aliphatic carbocycles. The number of benzene rings is 1. The van der Waals surface area contributed by atoms with Crippen LogP contribution in [0.3, 0.4) is 0 Å². The summed E-state index contributed by atoms with van der Waals surface area (Å²) in [6, 6.07) is 9.40. The molecule has 152 valence electrons. The second-order valence-electron chi connectivity index (χ2n) is 9.50. The number of hydrazine groups is 1. The molecule has 1 aromatic carbocycles. The molecule has 1 aromatic heterocycles. The topological polar surface area (TPSA) is 97.1 Å². The fourth-order valence-electron chi connectivity index (χ4n) is 6.47. The number of pyridine rings is 1. The molecule has 4 N–H and O–H groups in total. The summed E-state index contributed by atoms with van der Waals surface area (Å²) in [6.07, 6.45) is 7.78. The Labute approximate surface area is 170 Å². The van der Waals surface area contributed by atoms with Crippen LogP contribution in [0.4, 0.5) is 0 Å². The van der Waals surface area contributed by atoms with Crippen LogP contribution in [0.15, 0.2) is 30.3 Å². The largest absolute Gasteiger partial charge is 0.320 e. The monoisotopic (exact) mass is 392 g/mol. The van der Waals surface area contributed by atoms with Crippen LogP contribution in [0.25, 0.3) is 10.9 Å². The van der Waals surface area contributed by atoms with Crippen molar-refractivity contribution >= 4 is 22.7 Å². The van der Waals surface area contributed by atoms with E-state index in [1.165, 1.54) is 44.1 Å². The third-order valence-corrected chi connectivity index (χ3v) is 7.27. The van der Waals surface area contributed by atoms with E-state index in [9.17, 15) is 9.59 Å². The summed E-state index contributed by atoms with van der Waals surface area (Å²) < 4.78 is 0. The molecule has 6 nitrogen and oxygen atoms in total. The molecule has 0 aliphatic heterocycles. The van der Waals surface area contributed by atoms with Crippen molar-refractivity contribution < 1.29 is 9.59 Å². The Hall–Kier alpha value is -2.47. The van der Waals surface area contributed by atoms with E-state index in [0.29, 0.717) is 5.69 Å². The molecule has 4 saturated carbocycles. The number of para-hydroxylation sites is 1. The highest BCUT2D eigenvalue weighted by molar-refractivity contribution is 5.97. The fourth-order valence-corrected chi connectivity index (χ4v) is 6.47. The average molecular weight is 393 g/mol. The first-order valence-corrected chi connectivity index (χ1v) is 10.7. The number of amides is 2. The van der Waals surface area contributed by atoms with Crippen molar-refractivity contribution in [1.82, 2.24) is 15.8 Å². The smallest absolute Gasteiger partial charge is 0.288 e. The van der Waals surface area contributed by atoms with Gasteiger partial charge in [-0.05, 0) is 86.3 Å². The first-order chi connectivity index (χ1) is 13.9. The van der Waals surface area contributed by atoms with Crippen LogP contribution < -0.4 is 16.6 Å². The van der Waals surface area contributed by atoms with Gasteiger partial charge in [-0.15, -0.1) is 0 Å². The first kappa shape index (κ1) is 18.6. The minimum Gasteiger partial charge on any atom is -0.320 e. The van der Waals surface area contributed by atoms with Crippen molar-refractivity contribution in [2.24, 2.45) is 23.5 Å². The van der Waals surface area contributed by atoms with Crippen molar-refractivity contribution in [3.8, 4) is 0 Å². The van der Waals surface area contributed by atoms with Gasteiger partial charge < -0.3 is 5.73 Å². The third-order valence-electron chi connectivity index (χ3n) is 7.27. The van der Waals surface area contributed by atoms with E-state index >= 15 is 0 Å². The molecular formula is C23H28N4O2. The molecule has 0 saturated heterocycles. The normalized spacial score (nSPS) is 30.9. The number of rotatable bonds is 3. The number of nitrogens with zero attached hydrogens (tertiary/aromatic N) is 1. The zero-order valence-electron chi connectivity index (χ0n) is 16.8. The molecule has 4 fully saturated rings. The summed E-state index contributed by atoms with van der Waals surface area (Å²) in [7, 11) is 0. The van der Waals surface area contributed by atoms with E-state index in [-0.39, 0.29) is 5.41 Å². The molecule has 1 atom stereocenters. The number of nitrogens with two attached hydrogens (primary N) is 1. The average Bonchev–Trinajstić information content (AvgIpc) is 2.69. The lowest BCUT2D eigenvalue weighted by Gasteiger charge is -2.57. The number of fused-ring (bicyclic) bond motifs is 1. The highest BCUT2D eigenvalue weighted by Crippen LogP contribution is 2.61. The summed E-state index contributed by atoms with van der Waals surface area (Å²) >= 11 is 0. The number of nitrogens with one attached hydrogen (secondary N) is 2. The summed E-state index contributed by atoms with van der Waals surface area (Å²) in [4.78, 5) is 29.1. The Morgan fingerprint density at radius 3 is 2.31 bits per heavy atom. The van der Waals surface area contributed by atoms with Gasteiger partial charge in [-0.2, -0.15) is 0 Å². The maximum Gasteiger partial charge on any atom is 0.288 e. The lowest BCUT2D eigenvalue weighted by atomic mass is 9.48. The van der Waals surface area contributed by atoms with Crippen LogP contribution in [0.2, 0.25) is 0 Å². The van der Waals surface area contributed by atoms with Gasteiger partial charge in [0.25, 0.3) is 11.8 Å². The molecule has 0 spiro atoms. The standard InChI is InChI=1S/C23H28N4O2/c1-13(24)21(28)26-27-22(29)20-9-18(17-4-2-3-5-19(17)25-20)23-10-14-6-15(11-23)8-16(7-14)12-23/h2-5,9,13-16H,6-8,10-12,24H2,1H3,(H,26,28)(H,27,29)/t13-,14?,15?,16?,23?/m0/s1. The Balaban J connectivity index is 1.53. The van der Waals surface area contributed by atoms with Crippen LogP contribution in [0, 0.1) is 17.8 Å². The van der Waals surface area contributed by atoms with Gasteiger partial charge in [-0.3, -0.25) is 20.4 Å². The van der Waals surface area contributed by atoms with E-state index in [2.05, 4.69) is 28.0 Å². The van der Waals surface area contributed by atoms with Gasteiger partial charge in [0.05, 0.1) is 11.6 Å². The molecule has 4 bridgehead atoms. The molecular weight excluding hydrogens is 364 g/mol. The maximum absolute atomic E-state index is 12.8. The maximum atomic E-state index is 12.8. The number of carbonyl (C=O) groups is 2. The summed E-state index contributed by atoms with van der Waals surface area (Å²) in [5.41, 5.74) is 13.0. The molecule has 0 unspecified atom stereocenters. The molecule has 2 amide bonds. The Morgan fingerprint density at radius 1 is 1.07 bits per heavy atom. The molecule has 6 heteroatoms. The van der Waals surface area contributed by atoms with Gasteiger partial charge >= 0.3 is 0 Å². The lowest BCUT2D eigenvalue weighted by molar-refractivity contribution is -0.122. The van der Waals surface area contributed by atoms with Crippen molar-refractivity contribution in [2.45, 2.75) is 56.9 Å². The third kappa shape index (κ3) is 3.19. The molecule has 4 aliphatic rings. The van der Waals surface area contributed by atoms with Gasteiger partial charge in [0.1, 0.15) is 5.69 Å². The predicted molar refractivity (Wildman–Crippen MR) is 111 cm³/mol. The Kier molecular flexibility index (Phi) is 4.35. The molecule has 6 rings (SSSR count). The number of hydrogen-bond donors (Lipinski definition) is 3. The quantitative estimate of drug-likeness (QED) is 0.700. The minimum atomic E-state index is -0.692. The minimum absolute atomic E-state index is 0.154. The van der Waals surface area contributed by atoms with Gasteiger partial charge in [0.15, 0.2) is 0 Å².